The van der Waals surface area contributed by atoms with E-state index in [-0.39, 0.29) is 0 Å². The molecule has 1 rings (SSSR count). The van der Waals surface area contributed by atoms with E-state index in [1.165, 1.54) is 17.1 Å². The van der Waals surface area contributed by atoms with E-state index in [1.807, 2.05) is 0 Å². The largest absolute Gasteiger partial charge is 0.382 e. The number of nitrogen functional groups attached to an aromatic ring is 1. The Morgan fingerprint density at radius 3 is 3.00 bits per heavy atom. The van der Waals surface area contributed by atoms with Crippen LogP contribution in [0.25, 0.3) is 0 Å². The van der Waals surface area contributed by atoms with E-state index >= 15 is 0 Å². The van der Waals surface area contributed by atoms with Crippen LogP contribution in [-0.2, 0) is 4.79 Å². The summed E-state index contributed by atoms with van der Waals surface area (Å²) in [6.45, 7) is 1.62. The van der Waals surface area contributed by atoms with Crippen molar-refractivity contribution in [3.8, 4) is 0 Å². The number of rotatable bonds is 2. The first-order valence-corrected chi connectivity index (χ1v) is 3.38. The van der Waals surface area contributed by atoms with Gasteiger partial charge in [-0.2, -0.15) is 0 Å². The lowest BCUT2D eigenvalue weighted by Gasteiger charge is -2.08. The van der Waals surface area contributed by atoms with Crippen molar-refractivity contribution in [3.05, 3.63) is 12.5 Å². The topological polar surface area (TPSA) is 93.2 Å². The van der Waals surface area contributed by atoms with Crippen LogP contribution < -0.4 is 11.2 Å². The quantitative estimate of drug-likeness (QED) is 0.413. The van der Waals surface area contributed by atoms with Gasteiger partial charge in [0, 0.05) is 6.20 Å². The molecule has 0 radical (unpaired) electrons. The Morgan fingerprint density at radius 1 is 1.92 bits per heavy atom. The number of carbonyl (C=O) groups is 1. The maximum Gasteiger partial charge on any atom is 0.266 e. The van der Waals surface area contributed by atoms with Crippen molar-refractivity contribution in [1.82, 2.24) is 15.0 Å². The molecule has 6 nitrogen and oxygen atoms in total. The smallest absolute Gasteiger partial charge is 0.266 e. The van der Waals surface area contributed by atoms with Crippen molar-refractivity contribution >= 4 is 11.7 Å². The first-order chi connectivity index (χ1) is 5.65. The standard InChI is InChI=1S/C6H10N4O2/c1-4(6(11)9-12)10-2-5(7)8-3-10/h2-4,12H,7H2,1H3,(H,9,11). The molecule has 0 fully saturated rings. The zero-order valence-electron chi connectivity index (χ0n) is 6.56. The lowest BCUT2D eigenvalue weighted by atomic mass is 10.3. The number of hydrogen-bond donors (Lipinski definition) is 3. The van der Waals surface area contributed by atoms with Crippen molar-refractivity contribution in [3.63, 3.8) is 0 Å². The maximum atomic E-state index is 10.9. The van der Waals surface area contributed by atoms with E-state index in [9.17, 15) is 4.79 Å². The molecule has 4 N–H and O–H groups in total. The third-order valence-electron chi connectivity index (χ3n) is 1.56. The molecular weight excluding hydrogens is 160 g/mol. The summed E-state index contributed by atoms with van der Waals surface area (Å²) in [5.41, 5.74) is 6.88. The number of hydroxylamine groups is 1. The van der Waals surface area contributed by atoms with Gasteiger partial charge in [0.15, 0.2) is 0 Å². The molecule has 1 atom stereocenters. The van der Waals surface area contributed by atoms with Crippen molar-refractivity contribution in [1.29, 1.82) is 0 Å². The van der Waals surface area contributed by atoms with E-state index in [4.69, 9.17) is 10.9 Å². The number of imidazole rings is 1. The van der Waals surface area contributed by atoms with Crippen LogP contribution in [0.15, 0.2) is 12.5 Å². The Kier molecular flexibility index (Phi) is 2.29. The van der Waals surface area contributed by atoms with Crippen LogP contribution >= 0.6 is 0 Å². The summed E-state index contributed by atoms with van der Waals surface area (Å²) in [5.74, 6) is -0.167. The molecule has 0 aliphatic rings. The van der Waals surface area contributed by atoms with Crippen molar-refractivity contribution in [2.24, 2.45) is 0 Å². The second kappa shape index (κ2) is 3.22. The molecule has 0 aromatic carbocycles. The highest BCUT2D eigenvalue weighted by molar-refractivity contribution is 5.78. The minimum Gasteiger partial charge on any atom is -0.382 e. The number of hydrogen-bond acceptors (Lipinski definition) is 4. The summed E-state index contributed by atoms with van der Waals surface area (Å²) in [6, 6.07) is -0.514. The van der Waals surface area contributed by atoms with Crippen LogP contribution in [-0.4, -0.2) is 20.7 Å². The highest BCUT2D eigenvalue weighted by Gasteiger charge is 2.13. The molecule has 0 spiro atoms. The number of nitrogens with one attached hydrogen (secondary N) is 1. The minimum absolute atomic E-state index is 0.340. The van der Waals surface area contributed by atoms with Crippen molar-refractivity contribution < 1.29 is 10.0 Å². The lowest BCUT2D eigenvalue weighted by molar-refractivity contribution is -0.132. The molecule has 0 aliphatic carbocycles. The van der Waals surface area contributed by atoms with Gasteiger partial charge in [0.2, 0.25) is 0 Å². The molecule has 1 aromatic rings. The number of anilines is 1. The van der Waals surface area contributed by atoms with Gasteiger partial charge < -0.3 is 10.3 Å². The predicted octanol–water partition coefficient (Wildman–Crippen LogP) is -0.468. The molecule has 1 heterocycles. The van der Waals surface area contributed by atoms with Gasteiger partial charge in [-0.15, -0.1) is 0 Å². The molecule has 1 aromatic heterocycles. The molecule has 0 bridgehead atoms. The SMILES string of the molecule is CC(C(=O)NO)n1cnc(N)c1. The van der Waals surface area contributed by atoms with Gasteiger partial charge in [-0.25, -0.2) is 10.5 Å². The van der Waals surface area contributed by atoms with Crippen LogP contribution in [0.5, 0.6) is 0 Å². The van der Waals surface area contributed by atoms with Crippen molar-refractivity contribution in [2.45, 2.75) is 13.0 Å². The number of aromatic nitrogens is 2. The fraction of sp³-hybridized carbons (Fsp3) is 0.333. The molecular formula is C6H10N4O2. The van der Waals surface area contributed by atoms with Crippen LogP contribution in [0.3, 0.4) is 0 Å². The fourth-order valence-corrected chi connectivity index (χ4v) is 0.793. The highest BCUT2D eigenvalue weighted by atomic mass is 16.5. The summed E-state index contributed by atoms with van der Waals surface area (Å²) >= 11 is 0. The Labute approximate surface area is 69.0 Å². The van der Waals surface area contributed by atoms with Gasteiger partial charge in [0.1, 0.15) is 11.9 Å². The van der Waals surface area contributed by atoms with Gasteiger partial charge in [0.25, 0.3) is 5.91 Å². The highest BCUT2D eigenvalue weighted by Crippen LogP contribution is 2.07. The van der Waals surface area contributed by atoms with E-state index < -0.39 is 11.9 Å². The van der Waals surface area contributed by atoms with Crippen LogP contribution in [0, 0.1) is 0 Å². The minimum atomic E-state index is -0.514. The second-order valence-electron chi connectivity index (χ2n) is 2.40. The fourth-order valence-electron chi connectivity index (χ4n) is 0.793. The molecule has 1 amide bonds. The zero-order chi connectivity index (χ0) is 9.14. The molecule has 6 heteroatoms. The summed E-state index contributed by atoms with van der Waals surface area (Å²) in [7, 11) is 0. The number of nitrogens with zero attached hydrogens (tertiary/aromatic N) is 2. The predicted molar refractivity (Wildman–Crippen MR) is 41.3 cm³/mol. The summed E-state index contributed by atoms with van der Waals surface area (Å²) < 4.78 is 1.50. The van der Waals surface area contributed by atoms with Crippen LogP contribution in [0.1, 0.15) is 13.0 Å². The first kappa shape index (κ1) is 8.54. The number of nitrogens with two attached hydrogens (primary N) is 1. The van der Waals surface area contributed by atoms with Gasteiger partial charge in [-0.05, 0) is 6.92 Å². The molecule has 0 aliphatic heterocycles. The maximum absolute atomic E-state index is 10.9. The first-order valence-electron chi connectivity index (χ1n) is 3.38. The summed E-state index contributed by atoms with van der Waals surface area (Å²) in [6.07, 6.45) is 2.94. The Bertz CT molecular complexity index is 283. The lowest BCUT2D eigenvalue weighted by Crippen LogP contribution is -2.27. The Hall–Kier alpha value is -1.56. The van der Waals surface area contributed by atoms with Crippen molar-refractivity contribution in [2.75, 3.05) is 5.73 Å². The third kappa shape index (κ3) is 1.54. The Morgan fingerprint density at radius 2 is 2.58 bits per heavy atom. The monoisotopic (exact) mass is 170 g/mol. The second-order valence-corrected chi connectivity index (χ2v) is 2.40. The molecule has 1 unspecified atom stereocenters. The van der Waals surface area contributed by atoms with Gasteiger partial charge in [-0.1, -0.05) is 0 Å². The average molecular weight is 170 g/mol. The molecule has 12 heavy (non-hydrogen) atoms. The van der Waals surface area contributed by atoms with Crippen LogP contribution in [0.2, 0.25) is 0 Å². The summed E-state index contributed by atoms with van der Waals surface area (Å²) in [5, 5.41) is 8.31. The molecule has 66 valence electrons. The Balaban J connectivity index is 2.77. The van der Waals surface area contributed by atoms with E-state index in [1.54, 1.807) is 12.4 Å². The van der Waals surface area contributed by atoms with Gasteiger partial charge in [0.05, 0.1) is 6.33 Å². The number of carbonyl (C=O) groups excluding carboxylic acids is 1. The van der Waals surface area contributed by atoms with Crippen LogP contribution in [0.4, 0.5) is 5.82 Å². The van der Waals surface area contributed by atoms with E-state index in [0.29, 0.717) is 5.82 Å². The van der Waals surface area contributed by atoms with Gasteiger partial charge in [-0.3, -0.25) is 10.0 Å². The van der Waals surface area contributed by atoms with Gasteiger partial charge >= 0.3 is 0 Å². The molecule has 0 saturated carbocycles. The van der Waals surface area contributed by atoms with E-state index in [2.05, 4.69) is 4.98 Å². The molecule has 0 saturated heterocycles. The average Bonchev–Trinajstić information content (AvgIpc) is 2.49. The number of amides is 1. The third-order valence-corrected chi connectivity index (χ3v) is 1.56. The zero-order valence-corrected chi connectivity index (χ0v) is 6.56. The van der Waals surface area contributed by atoms with E-state index in [0.717, 1.165) is 0 Å². The summed E-state index contributed by atoms with van der Waals surface area (Å²) in [4.78, 5) is 14.6. The normalized spacial score (nSPS) is 12.5.